The van der Waals surface area contributed by atoms with Crippen LogP contribution < -0.4 is 0 Å². The second-order valence-corrected chi connectivity index (χ2v) is 4.99. The van der Waals surface area contributed by atoms with Gasteiger partial charge in [0.2, 0.25) is 0 Å². The number of ether oxygens (including phenoxy) is 1. The monoisotopic (exact) mass is 288 g/mol. The van der Waals surface area contributed by atoms with Gasteiger partial charge in [0.1, 0.15) is 0 Å². The van der Waals surface area contributed by atoms with E-state index in [4.69, 9.17) is 4.74 Å². The first-order valence-corrected chi connectivity index (χ1v) is 6.84. The Labute approximate surface area is 124 Å². The minimum absolute atomic E-state index is 0.0124. The lowest BCUT2D eigenvalue weighted by atomic mass is 10.0. The van der Waals surface area contributed by atoms with Crippen molar-refractivity contribution in [1.82, 2.24) is 9.78 Å². The van der Waals surface area contributed by atoms with Crippen LogP contribution in [0.3, 0.4) is 0 Å². The Balaban J connectivity index is 2.30. The molecule has 0 aliphatic heterocycles. The Morgan fingerprint density at radius 1 is 1.29 bits per heavy atom. The van der Waals surface area contributed by atoms with Gasteiger partial charge in [-0.25, -0.2) is 0 Å². The molecule has 0 spiro atoms. The summed E-state index contributed by atoms with van der Waals surface area (Å²) in [5, 5.41) is 13.8. The lowest BCUT2D eigenvalue weighted by Crippen LogP contribution is -2.10. The summed E-state index contributed by atoms with van der Waals surface area (Å²) >= 11 is 0. The molecule has 0 bridgehead atoms. The van der Waals surface area contributed by atoms with Crippen LogP contribution in [0.1, 0.15) is 28.1 Å². The Morgan fingerprint density at radius 2 is 1.95 bits per heavy atom. The predicted octanol–water partition coefficient (Wildman–Crippen LogP) is 1.76. The summed E-state index contributed by atoms with van der Waals surface area (Å²) in [6, 6.07) is 7.75. The third kappa shape index (κ3) is 3.31. The molecule has 2 aromatic rings. The van der Waals surface area contributed by atoms with E-state index in [-0.39, 0.29) is 19.0 Å². The van der Waals surface area contributed by atoms with E-state index in [0.29, 0.717) is 6.54 Å². The number of rotatable bonds is 5. The maximum atomic E-state index is 11.5. The Morgan fingerprint density at radius 3 is 2.52 bits per heavy atom. The number of esters is 1. The Hall–Kier alpha value is -2.14. The van der Waals surface area contributed by atoms with Crippen LogP contribution in [0, 0.1) is 13.8 Å². The zero-order chi connectivity index (χ0) is 15.4. The second kappa shape index (κ2) is 6.54. The molecule has 0 saturated heterocycles. The second-order valence-electron chi connectivity index (χ2n) is 4.99. The highest BCUT2D eigenvalue weighted by Crippen LogP contribution is 2.17. The number of hydrogen-bond acceptors (Lipinski definition) is 4. The molecule has 2 rings (SSSR count). The van der Waals surface area contributed by atoms with E-state index in [0.717, 1.165) is 28.1 Å². The number of nitrogens with zero attached hydrogens (tertiary/aromatic N) is 2. The van der Waals surface area contributed by atoms with Crippen LogP contribution in [0.25, 0.3) is 0 Å². The van der Waals surface area contributed by atoms with Crippen LogP contribution in [0.15, 0.2) is 24.3 Å². The number of methoxy groups -OCH3 is 1. The van der Waals surface area contributed by atoms with E-state index in [1.54, 1.807) is 0 Å². The van der Waals surface area contributed by atoms with Crippen LogP contribution in [0.2, 0.25) is 0 Å². The molecule has 21 heavy (non-hydrogen) atoms. The van der Waals surface area contributed by atoms with E-state index >= 15 is 0 Å². The highest BCUT2D eigenvalue weighted by Gasteiger charge is 2.13. The van der Waals surface area contributed by atoms with Crippen molar-refractivity contribution >= 4 is 5.97 Å². The maximum Gasteiger partial charge on any atom is 0.309 e. The summed E-state index contributed by atoms with van der Waals surface area (Å²) in [6.45, 7) is 4.38. The van der Waals surface area contributed by atoms with Gasteiger partial charge in [0.15, 0.2) is 0 Å². The van der Waals surface area contributed by atoms with Crippen LogP contribution in [-0.2, 0) is 29.1 Å². The summed E-state index contributed by atoms with van der Waals surface area (Å²) in [7, 11) is 1.39. The van der Waals surface area contributed by atoms with Gasteiger partial charge in [0.05, 0.1) is 32.4 Å². The quantitative estimate of drug-likeness (QED) is 0.851. The minimum Gasteiger partial charge on any atom is -0.469 e. The molecule has 0 aliphatic carbocycles. The summed E-state index contributed by atoms with van der Waals surface area (Å²) in [5.74, 6) is -0.258. The molecular weight excluding hydrogens is 268 g/mol. The largest absolute Gasteiger partial charge is 0.469 e. The minimum atomic E-state index is -0.258. The number of benzene rings is 1. The van der Waals surface area contributed by atoms with Crippen LogP contribution in [0.5, 0.6) is 0 Å². The lowest BCUT2D eigenvalue weighted by molar-refractivity contribution is -0.139. The smallest absolute Gasteiger partial charge is 0.309 e. The molecule has 0 radical (unpaired) electrons. The van der Waals surface area contributed by atoms with Gasteiger partial charge in [-0.1, -0.05) is 24.3 Å². The zero-order valence-corrected chi connectivity index (χ0v) is 12.6. The number of aryl methyl sites for hydroxylation is 1. The molecule has 0 fully saturated rings. The first-order chi connectivity index (χ1) is 10.1. The predicted molar refractivity (Wildman–Crippen MR) is 78.9 cm³/mol. The standard InChI is InChI=1S/C16H20N2O3/c1-11-15(10-19)12(2)18(17-11)9-14-7-5-4-6-13(14)8-16(20)21-3/h4-7,19H,8-10H2,1-3H3. The van der Waals surface area contributed by atoms with Crippen molar-refractivity contribution in [2.45, 2.75) is 33.4 Å². The topological polar surface area (TPSA) is 64.4 Å². The first-order valence-electron chi connectivity index (χ1n) is 6.84. The molecule has 0 unspecified atom stereocenters. The fourth-order valence-corrected chi connectivity index (χ4v) is 2.39. The van der Waals surface area contributed by atoms with Crippen LogP contribution >= 0.6 is 0 Å². The zero-order valence-electron chi connectivity index (χ0n) is 12.6. The van der Waals surface area contributed by atoms with E-state index in [1.165, 1.54) is 7.11 Å². The van der Waals surface area contributed by atoms with Gasteiger partial charge in [-0.15, -0.1) is 0 Å². The molecule has 0 saturated carbocycles. The molecule has 5 nitrogen and oxygen atoms in total. The third-order valence-corrected chi connectivity index (χ3v) is 3.69. The van der Waals surface area contributed by atoms with Crippen LogP contribution in [-0.4, -0.2) is 28.0 Å². The van der Waals surface area contributed by atoms with E-state index in [9.17, 15) is 9.90 Å². The number of aliphatic hydroxyl groups is 1. The number of carbonyl (C=O) groups excluding carboxylic acids is 1. The lowest BCUT2D eigenvalue weighted by Gasteiger charge is -2.10. The molecule has 0 aliphatic rings. The number of hydrogen-bond donors (Lipinski definition) is 1. The van der Waals surface area contributed by atoms with Gasteiger partial charge in [0, 0.05) is 11.3 Å². The average molecular weight is 288 g/mol. The van der Waals surface area contributed by atoms with Gasteiger partial charge in [0.25, 0.3) is 0 Å². The average Bonchev–Trinajstić information content (AvgIpc) is 2.74. The van der Waals surface area contributed by atoms with Crippen LogP contribution in [0.4, 0.5) is 0 Å². The third-order valence-electron chi connectivity index (χ3n) is 3.69. The van der Waals surface area contributed by atoms with Gasteiger partial charge in [-0.05, 0) is 25.0 Å². The van der Waals surface area contributed by atoms with Gasteiger partial charge in [-0.3, -0.25) is 9.48 Å². The van der Waals surface area contributed by atoms with E-state index in [1.807, 2.05) is 42.8 Å². The first kappa shape index (κ1) is 15.3. The van der Waals surface area contributed by atoms with Crippen molar-refractivity contribution in [3.8, 4) is 0 Å². The fourth-order valence-electron chi connectivity index (χ4n) is 2.39. The fraction of sp³-hybridized carbons (Fsp3) is 0.375. The number of aromatic nitrogens is 2. The highest BCUT2D eigenvalue weighted by molar-refractivity contribution is 5.72. The summed E-state index contributed by atoms with van der Waals surface area (Å²) in [6.07, 6.45) is 0.249. The molecule has 1 aromatic carbocycles. The molecule has 1 heterocycles. The van der Waals surface area contributed by atoms with Crippen molar-refractivity contribution in [2.75, 3.05) is 7.11 Å². The molecule has 1 N–H and O–H groups in total. The molecule has 0 amide bonds. The summed E-state index contributed by atoms with van der Waals surface area (Å²) < 4.78 is 6.59. The van der Waals surface area contributed by atoms with Gasteiger partial charge in [-0.2, -0.15) is 5.10 Å². The van der Waals surface area contributed by atoms with E-state index < -0.39 is 0 Å². The molecule has 1 aromatic heterocycles. The molecular formula is C16H20N2O3. The van der Waals surface area contributed by atoms with Crippen molar-refractivity contribution in [1.29, 1.82) is 0 Å². The van der Waals surface area contributed by atoms with Crippen molar-refractivity contribution < 1.29 is 14.6 Å². The van der Waals surface area contributed by atoms with E-state index in [2.05, 4.69) is 5.10 Å². The van der Waals surface area contributed by atoms with Crippen molar-refractivity contribution in [3.63, 3.8) is 0 Å². The summed E-state index contributed by atoms with van der Waals surface area (Å²) in [5.41, 5.74) is 4.60. The SMILES string of the molecule is COC(=O)Cc1ccccc1Cn1nc(C)c(CO)c1C. The van der Waals surface area contributed by atoms with Crippen molar-refractivity contribution in [3.05, 3.63) is 52.3 Å². The van der Waals surface area contributed by atoms with Gasteiger partial charge < -0.3 is 9.84 Å². The normalized spacial score (nSPS) is 10.7. The Bertz CT molecular complexity index is 647. The Kier molecular flexibility index (Phi) is 4.75. The maximum absolute atomic E-state index is 11.5. The molecule has 0 atom stereocenters. The van der Waals surface area contributed by atoms with Crippen molar-refractivity contribution in [2.24, 2.45) is 0 Å². The molecule has 5 heteroatoms. The highest BCUT2D eigenvalue weighted by atomic mass is 16.5. The number of carbonyl (C=O) groups is 1. The molecule has 112 valence electrons. The van der Waals surface area contributed by atoms with Gasteiger partial charge >= 0.3 is 5.97 Å². The summed E-state index contributed by atoms with van der Waals surface area (Å²) in [4.78, 5) is 11.5. The number of aliphatic hydroxyl groups excluding tert-OH is 1.